The van der Waals surface area contributed by atoms with Gasteiger partial charge in [0.25, 0.3) is 0 Å². The Morgan fingerprint density at radius 1 is 1.22 bits per heavy atom. The summed E-state index contributed by atoms with van der Waals surface area (Å²) in [5.41, 5.74) is 2.86. The summed E-state index contributed by atoms with van der Waals surface area (Å²) in [6.07, 6.45) is 6.80. The van der Waals surface area contributed by atoms with Crippen LogP contribution in [0.4, 0.5) is 13.2 Å². The van der Waals surface area contributed by atoms with Gasteiger partial charge in [-0.3, -0.25) is 4.79 Å². The Hall–Kier alpha value is -3.95. The molecule has 1 aliphatic carbocycles. The molecule has 0 atom stereocenters. The number of carbonyl (C=O) groups excluding carboxylic acids is 1. The fraction of sp³-hybridized carbons (Fsp3) is 0.308. The van der Waals surface area contributed by atoms with Gasteiger partial charge >= 0.3 is 6.61 Å². The van der Waals surface area contributed by atoms with Crippen LogP contribution in [0.2, 0.25) is 0 Å². The minimum absolute atomic E-state index is 0.0847. The molecular weight excluding hydrogens is 471 g/mol. The molecule has 1 amide bonds. The number of nitrogens with zero attached hydrogens (tertiary/aromatic N) is 4. The van der Waals surface area contributed by atoms with Gasteiger partial charge in [0.2, 0.25) is 5.91 Å². The predicted octanol–water partition coefficient (Wildman–Crippen LogP) is 4.60. The zero-order valence-electron chi connectivity index (χ0n) is 19.8. The van der Waals surface area contributed by atoms with E-state index in [1.807, 2.05) is 0 Å². The van der Waals surface area contributed by atoms with Crippen LogP contribution in [-0.4, -0.2) is 38.4 Å². The lowest BCUT2D eigenvalue weighted by atomic mass is 10.1. The van der Waals surface area contributed by atoms with Gasteiger partial charge in [-0.2, -0.15) is 8.78 Å². The monoisotopic (exact) mass is 495 g/mol. The molecule has 0 unspecified atom stereocenters. The molecule has 186 valence electrons. The van der Waals surface area contributed by atoms with Crippen molar-refractivity contribution in [2.45, 2.75) is 45.1 Å². The Kier molecular flexibility index (Phi) is 6.11. The second-order valence-corrected chi connectivity index (χ2v) is 9.06. The largest absolute Gasteiger partial charge is 0.435 e. The zero-order valence-corrected chi connectivity index (χ0v) is 19.8. The average molecular weight is 496 g/mol. The van der Waals surface area contributed by atoms with E-state index in [1.54, 1.807) is 48.1 Å². The number of rotatable bonds is 8. The molecule has 0 saturated heterocycles. The summed E-state index contributed by atoms with van der Waals surface area (Å²) in [5, 5.41) is 2.83. The molecule has 5 rings (SSSR count). The molecular formula is C26H24F3N5O2. The van der Waals surface area contributed by atoms with Gasteiger partial charge < -0.3 is 14.5 Å². The molecule has 0 bridgehead atoms. The topological polar surface area (TPSA) is 81.4 Å². The molecule has 0 aliphatic heterocycles. The fourth-order valence-electron chi connectivity index (χ4n) is 4.36. The minimum atomic E-state index is -2.94. The van der Waals surface area contributed by atoms with Crippen LogP contribution >= 0.6 is 0 Å². The molecule has 3 heterocycles. The second-order valence-electron chi connectivity index (χ2n) is 9.06. The number of alkyl halides is 2. The normalized spacial score (nSPS) is 14.3. The molecule has 7 nitrogen and oxygen atoms in total. The Bertz CT molecular complexity index is 1430. The van der Waals surface area contributed by atoms with E-state index in [0.717, 1.165) is 18.5 Å². The highest BCUT2D eigenvalue weighted by Crippen LogP contribution is 2.46. The van der Waals surface area contributed by atoms with E-state index in [-0.39, 0.29) is 29.1 Å². The number of hydrogen-bond donors (Lipinski definition) is 1. The quantitative estimate of drug-likeness (QED) is 0.387. The maximum absolute atomic E-state index is 15.1. The van der Waals surface area contributed by atoms with Crippen molar-refractivity contribution in [3.05, 3.63) is 77.5 Å². The van der Waals surface area contributed by atoms with Crippen LogP contribution in [0.15, 0.2) is 48.9 Å². The molecule has 36 heavy (non-hydrogen) atoms. The molecule has 0 spiro atoms. The first-order valence-electron chi connectivity index (χ1n) is 11.5. The first-order valence-corrected chi connectivity index (χ1v) is 11.5. The number of benzene rings is 1. The van der Waals surface area contributed by atoms with Gasteiger partial charge in [0, 0.05) is 72.3 Å². The van der Waals surface area contributed by atoms with Gasteiger partial charge in [0.1, 0.15) is 23.0 Å². The fourth-order valence-corrected chi connectivity index (χ4v) is 4.36. The maximum Gasteiger partial charge on any atom is 0.387 e. The number of aromatic nitrogens is 4. The number of amides is 1. The van der Waals surface area contributed by atoms with Gasteiger partial charge in [-0.25, -0.2) is 19.3 Å². The van der Waals surface area contributed by atoms with Crippen LogP contribution in [0, 0.1) is 12.7 Å². The average Bonchev–Trinajstić information content (AvgIpc) is 3.58. The number of para-hydroxylation sites is 1. The lowest BCUT2D eigenvalue weighted by molar-refractivity contribution is -0.119. The second kappa shape index (κ2) is 9.25. The summed E-state index contributed by atoms with van der Waals surface area (Å²) in [4.78, 5) is 24.7. The predicted molar refractivity (Wildman–Crippen MR) is 126 cm³/mol. The van der Waals surface area contributed by atoms with E-state index in [4.69, 9.17) is 0 Å². The number of aryl methyl sites for hydroxylation is 1. The van der Waals surface area contributed by atoms with Crippen molar-refractivity contribution in [2.75, 3.05) is 6.54 Å². The van der Waals surface area contributed by atoms with Crippen LogP contribution < -0.4 is 10.1 Å². The Balaban J connectivity index is 1.48. The molecule has 1 saturated carbocycles. The van der Waals surface area contributed by atoms with Crippen LogP contribution in [0.25, 0.3) is 16.8 Å². The third-order valence-corrected chi connectivity index (χ3v) is 6.52. The highest BCUT2D eigenvalue weighted by Gasteiger charge is 2.47. The molecule has 1 aromatic carbocycles. The summed E-state index contributed by atoms with van der Waals surface area (Å²) in [6, 6.07) is 7.90. The number of fused-ring (bicyclic) bond motifs is 1. The van der Waals surface area contributed by atoms with Crippen LogP contribution in [0.5, 0.6) is 5.75 Å². The third-order valence-electron chi connectivity index (χ3n) is 6.52. The molecule has 4 aromatic rings. The van der Waals surface area contributed by atoms with Crippen molar-refractivity contribution in [3.8, 4) is 16.9 Å². The Morgan fingerprint density at radius 2 is 1.94 bits per heavy atom. The number of ether oxygens (including phenoxy) is 1. The Labute approximate surface area is 205 Å². The molecule has 0 radical (unpaired) electrons. The Morgan fingerprint density at radius 3 is 2.61 bits per heavy atom. The summed E-state index contributed by atoms with van der Waals surface area (Å²) in [7, 11) is 0. The van der Waals surface area contributed by atoms with E-state index in [9.17, 15) is 13.6 Å². The van der Waals surface area contributed by atoms with E-state index in [2.05, 4.69) is 25.0 Å². The van der Waals surface area contributed by atoms with Gasteiger partial charge in [-0.15, -0.1) is 0 Å². The van der Waals surface area contributed by atoms with Gasteiger partial charge in [0.15, 0.2) is 0 Å². The van der Waals surface area contributed by atoms with Crippen molar-refractivity contribution in [1.82, 2.24) is 24.7 Å². The smallest absolute Gasteiger partial charge is 0.387 e. The lowest BCUT2D eigenvalue weighted by Crippen LogP contribution is -2.31. The highest BCUT2D eigenvalue weighted by molar-refractivity contribution is 5.73. The maximum atomic E-state index is 15.1. The minimum Gasteiger partial charge on any atom is -0.435 e. The molecule has 1 aliphatic rings. The van der Waals surface area contributed by atoms with Gasteiger partial charge in [0.05, 0.1) is 5.69 Å². The molecule has 1 N–H and O–H groups in total. The lowest BCUT2D eigenvalue weighted by Gasteiger charge is -2.14. The van der Waals surface area contributed by atoms with Crippen LogP contribution in [0.1, 0.15) is 42.5 Å². The molecule has 1 fully saturated rings. The van der Waals surface area contributed by atoms with E-state index >= 15 is 4.39 Å². The third kappa shape index (κ3) is 4.62. The van der Waals surface area contributed by atoms with Crippen molar-refractivity contribution in [3.63, 3.8) is 0 Å². The van der Waals surface area contributed by atoms with Crippen LogP contribution in [-0.2, 0) is 16.6 Å². The highest BCUT2D eigenvalue weighted by atomic mass is 19.3. The van der Waals surface area contributed by atoms with Crippen molar-refractivity contribution >= 4 is 11.6 Å². The van der Waals surface area contributed by atoms with Gasteiger partial charge in [-0.05, 0) is 25.8 Å². The van der Waals surface area contributed by atoms with E-state index in [0.29, 0.717) is 34.8 Å². The van der Waals surface area contributed by atoms with Crippen LogP contribution in [0.3, 0.4) is 0 Å². The number of carbonyl (C=O) groups is 1. The van der Waals surface area contributed by atoms with Gasteiger partial charge in [-0.1, -0.05) is 18.2 Å². The van der Waals surface area contributed by atoms with Crippen molar-refractivity contribution in [2.24, 2.45) is 0 Å². The number of halogens is 3. The number of imidazole rings is 1. The molecule has 3 aromatic heterocycles. The first kappa shape index (κ1) is 23.8. The van der Waals surface area contributed by atoms with Crippen molar-refractivity contribution < 1.29 is 22.7 Å². The number of pyridine rings is 1. The van der Waals surface area contributed by atoms with E-state index in [1.165, 1.54) is 19.1 Å². The molecule has 10 heteroatoms. The van der Waals surface area contributed by atoms with Crippen molar-refractivity contribution in [1.29, 1.82) is 0 Å². The number of hydrogen-bond acceptors (Lipinski definition) is 5. The van der Waals surface area contributed by atoms with E-state index < -0.39 is 12.4 Å². The standard InChI is InChI=1S/C26H24F3N5O2/c1-15-21(9-17-5-3-4-6-22(17)36-25(28)29)34-13-19(20(27)10-23(34)33-15)18-11-30-24(31-12-18)26(7-8-26)14-32-16(2)35/h3-6,10-13,25H,7-9,14H2,1-2H3,(H,32,35). The number of nitrogens with one attached hydrogen (secondary N) is 1. The summed E-state index contributed by atoms with van der Waals surface area (Å²) in [6.45, 7) is 0.788. The first-order chi connectivity index (χ1) is 17.3. The zero-order chi connectivity index (χ0) is 25.4. The summed E-state index contributed by atoms with van der Waals surface area (Å²) in [5.74, 6) is 0.122. The summed E-state index contributed by atoms with van der Waals surface area (Å²) >= 11 is 0. The summed E-state index contributed by atoms with van der Waals surface area (Å²) < 4.78 is 47.2. The SMILES string of the molecule is CC(=O)NCC1(c2ncc(-c3cn4c(Cc5ccccc5OC(F)F)c(C)nc4cc3F)cn2)CC1.